The van der Waals surface area contributed by atoms with Gasteiger partial charge in [0.25, 0.3) is 0 Å². The van der Waals surface area contributed by atoms with E-state index in [-0.39, 0.29) is 17.2 Å². The standard InChI is InChI=1S/C24H33N5O2/c1-18(24(2,3)4)16-21(30)27-20-8-6-19(7-9-20)17-22(31)28-12-14-29(15-13-28)23-25-10-5-11-26-23/h5-11,18H,12-17H2,1-4H3,(H,27,30). The van der Waals surface area contributed by atoms with Gasteiger partial charge in [0.15, 0.2) is 0 Å². The smallest absolute Gasteiger partial charge is 0.227 e. The number of amides is 2. The fraction of sp³-hybridized carbons (Fsp3) is 0.500. The zero-order valence-corrected chi connectivity index (χ0v) is 19.0. The van der Waals surface area contributed by atoms with Gasteiger partial charge in [-0.15, -0.1) is 0 Å². The molecule has 7 heteroatoms. The summed E-state index contributed by atoms with van der Waals surface area (Å²) >= 11 is 0. The molecule has 0 radical (unpaired) electrons. The number of nitrogens with one attached hydrogen (secondary N) is 1. The van der Waals surface area contributed by atoms with E-state index in [1.807, 2.05) is 29.2 Å². The van der Waals surface area contributed by atoms with E-state index in [0.29, 0.717) is 37.8 Å². The number of hydrogen-bond donors (Lipinski definition) is 1. The normalized spacial score (nSPS) is 15.5. The molecule has 0 aliphatic carbocycles. The van der Waals surface area contributed by atoms with Crippen LogP contribution in [-0.2, 0) is 16.0 Å². The van der Waals surface area contributed by atoms with Crippen molar-refractivity contribution >= 4 is 23.5 Å². The Morgan fingerprint density at radius 1 is 1.03 bits per heavy atom. The summed E-state index contributed by atoms with van der Waals surface area (Å²) in [5, 5.41) is 2.96. The summed E-state index contributed by atoms with van der Waals surface area (Å²) in [6, 6.07) is 9.36. The molecule has 31 heavy (non-hydrogen) atoms. The van der Waals surface area contributed by atoms with Crippen LogP contribution in [0.3, 0.4) is 0 Å². The number of rotatable bonds is 6. The van der Waals surface area contributed by atoms with Gasteiger partial charge in [0, 0.05) is 50.7 Å². The lowest BCUT2D eigenvalue weighted by Gasteiger charge is -2.34. The second-order valence-electron chi connectivity index (χ2n) is 9.31. The van der Waals surface area contributed by atoms with E-state index < -0.39 is 0 Å². The first-order valence-corrected chi connectivity index (χ1v) is 10.9. The Labute approximate surface area is 184 Å². The largest absolute Gasteiger partial charge is 0.339 e. The van der Waals surface area contributed by atoms with Crippen molar-refractivity contribution in [1.29, 1.82) is 0 Å². The molecular weight excluding hydrogens is 390 g/mol. The molecule has 2 heterocycles. The highest BCUT2D eigenvalue weighted by Gasteiger charge is 2.23. The van der Waals surface area contributed by atoms with Crippen molar-refractivity contribution in [3.8, 4) is 0 Å². The van der Waals surface area contributed by atoms with E-state index >= 15 is 0 Å². The van der Waals surface area contributed by atoms with E-state index in [9.17, 15) is 9.59 Å². The maximum absolute atomic E-state index is 12.7. The van der Waals surface area contributed by atoms with Gasteiger partial charge in [0.1, 0.15) is 0 Å². The Kier molecular flexibility index (Phi) is 7.25. The fourth-order valence-electron chi connectivity index (χ4n) is 3.40. The Morgan fingerprint density at radius 2 is 1.65 bits per heavy atom. The molecule has 1 atom stereocenters. The monoisotopic (exact) mass is 423 g/mol. The number of carbonyl (C=O) groups is 2. The van der Waals surface area contributed by atoms with Crippen LogP contribution in [0.4, 0.5) is 11.6 Å². The molecule has 0 bridgehead atoms. The molecule has 2 amide bonds. The summed E-state index contributed by atoms with van der Waals surface area (Å²) in [7, 11) is 0. The van der Waals surface area contributed by atoms with Crippen molar-refractivity contribution in [1.82, 2.24) is 14.9 Å². The van der Waals surface area contributed by atoms with Gasteiger partial charge in [-0.1, -0.05) is 39.8 Å². The van der Waals surface area contributed by atoms with E-state index in [2.05, 4.69) is 47.9 Å². The van der Waals surface area contributed by atoms with Crippen molar-refractivity contribution in [2.75, 3.05) is 36.4 Å². The molecular formula is C24H33N5O2. The van der Waals surface area contributed by atoms with E-state index in [4.69, 9.17) is 0 Å². The third kappa shape index (κ3) is 6.51. The minimum absolute atomic E-state index is 0.0199. The molecule has 0 saturated carbocycles. The Balaban J connectivity index is 1.46. The average Bonchev–Trinajstić information content (AvgIpc) is 2.75. The van der Waals surface area contributed by atoms with Gasteiger partial charge >= 0.3 is 0 Å². The summed E-state index contributed by atoms with van der Waals surface area (Å²) in [6.07, 6.45) is 4.31. The number of aromatic nitrogens is 2. The molecule has 1 unspecified atom stereocenters. The number of piperazine rings is 1. The summed E-state index contributed by atoms with van der Waals surface area (Å²) < 4.78 is 0. The fourth-order valence-corrected chi connectivity index (χ4v) is 3.40. The van der Waals surface area contributed by atoms with Crippen LogP contribution >= 0.6 is 0 Å². The lowest BCUT2D eigenvalue weighted by Crippen LogP contribution is -2.49. The van der Waals surface area contributed by atoms with Crippen molar-refractivity contribution in [2.45, 2.75) is 40.5 Å². The van der Waals surface area contributed by atoms with Crippen LogP contribution in [0.25, 0.3) is 0 Å². The van der Waals surface area contributed by atoms with Crippen LogP contribution in [0.1, 0.15) is 39.7 Å². The first kappa shape index (κ1) is 22.7. The van der Waals surface area contributed by atoms with Crippen LogP contribution in [0.2, 0.25) is 0 Å². The van der Waals surface area contributed by atoms with Crippen molar-refractivity contribution in [3.05, 3.63) is 48.3 Å². The predicted octanol–water partition coefficient (Wildman–Crippen LogP) is 3.38. The second kappa shape index (κ2) is 9.90. The van der Waals surface area contributed by atoms with Gasteiger partial charge in [0.05, 0.1) is 6.42 Å². The number of nitrogens with zero attached hydrogens (tertiary/aromatic N) is 4. The van der Waals surface area contributed by atoms with Crippen molar-refractivity contribution in [2.24, 2.45) is 11.3 Å². The quantitative estimate of drug-likeness (QED) is 0.771. The number of anilines is 2. The number of hydrogen-bond acceptors (Lipinski definition) is 5. The third-order valence-corrected chi connectivity index (χ3v) is 6.03. The lowest BCUT2D eigenvalue weighted by atomic mass is 9.80. The Hall–Kier alpha value is -2.96. The third-order valence-electron chi connectivity index (χ3n) is 6.03. The maximum atomic E-state index is 12.7. The second-order valence-corrected chi connectivity index (χ2v) is 9.31. The summed E-state index contributed by atoms with van der Waals surface area (Å²) in [5.74, 6) is 1.14. The van der Waals surface area contributed by atoms with Gasteiger partial charge in [-0.3, -0.25) is 9.59 Å². The maximum Gasteiger partial charge on any atom is 0.227 e. The highest BCUT2D eigenvalue weighted by Crippen LogP contribution is 2.28. The number of carbonyl (C=O) groups excluding carboxylic acids is 2. The molecule has 3 rings (SSSR count). The summed E-state index contributed by atoms with van der Waals surface area (Å²) in [4.78, 5) is 37.5. The lowest BCUT2D eigenvalue weighted by molar-refractivity contribution is -0.130. The minimum Gasteiger partial charge on any atom is -0.339 e. The van der Waals surface area contributed by atoms with Gasteiger partial charge < -0.3 is 15.1 Å². The zero-order valence-electron chi connectivity index (χ0n) is 19.0. The highest BCUT2D eigenvalue weighted by atomic mass is 16.2. The Morgan fingerprint density at radius 3 is 2.23 bits per heavy atom. The topological polar surface area (TPSA) is 78.4 Å². The van der Waals surface area contributed by atoms with Gasteiger partial charge in [-0.05, 0) is 35.1 Å². The predicted molar refractivity (Wildman–Crippen MR) is 123 cm³/mol. The molecule has 0 spiro atoms. The van der Waals surface area contributed by atoms with Crippen LogP contribution in [0.15, 0.2) is 42.7 Å². The molecule has 1 aromatic carbocycles. The molecule has 1 N–H and O–H groups in total. The van der Waals surface area contributed by atoms with Crippen LogP contribution in [-0.4, -0.2) is 52.9 Å². The molecule has 166 valence electrons. The molecule has 1 aliphatic rings. The molecule has 1 aliphatic heterocycles. The van der Waals surface area contributed by atoms with Crippen molar-refractivity contribution < 1.29 is 9.59 Å². The molecule has 1 saturated heterocycles. The van der Waals surface area contributed by atoms with E-state index in [0.717, 1.165) is 24.3 Å². The molecule has 2 aromatic rings. The molecule has 1 aromatic heterocycles. The van der Waals surface area contributed by atoms with Crippen molar-refractivity contribution in [3.63, 3.8) is 0 Å². The Bertz CT molecular complexity index is 869. The van der Waals surface area contributed by atoms with Crippen LogP contribution in [0, 0.1) is 11.3 Å². The zero-order chi connectivity index (χ0) is 22.4. The first-order chi connectivity index (χ1) is 14.7. The van der Waals surface area contributed by atoms with Gasteiger partial charge in [-0.2, -0.15) is 0 Å². The highest BCUT2D eigenvalue weighted by molar-refractivity contribution is 5.91. The van der Waals surface area contributed by atoms with Crippen LogP contribution < -0.4 is 10.2 Å². The summed E-state index contributed by atoms with van der Waals surface area (Å²) in [5.41, 5.74) is 1.81. The number of benzene rings is 1. The van der Waals surface area contributed by atoms with Crippen LogP contribution in [0.5, 0.6) is 0 Å². The SMILES string of the molecule is CC(CC(=O)Nc1ccc(CC(=O)N2CCN(c3ncccn3)CC2)cc1)C(C)(C)C. The molecule has 1 fully saturated rings. The van der Waals surface area contributed by atoms with Gasteiger partial charge in [0.2, 0.25) is 17.8 Å². The van der Waals surface area contributed by atoms with E-state index in [1.54, 1.807) is 18.5 Å². The average molecular weight is 424 g/mol. The first-order valence-electron chi connectivity index (χ1n) is 10.9. The minimum atomic E-state index is 0.0199. The summed E-state index contributed by atoms with van der Waals surface area (Å²) in [6.45, 7) is 11.3. The van der Waals surface area contributed by atoms with E-state index in [1.165, 1.54) is 0 Å². The molecule has 7 nitrogen and oxygen atoms in total. The van der Waals surface area contributed by atoms with Gasteiger partial charge in [-0.25, -0.2) is 9.97 Å².